The molecule has 1 aliphatic heterocycles. The molecule has 3 aromatic rings. The first-order valence-corrected chi connectivity index (χ1v) is 10.6. The van der Waals surface area contributed by atoms with Crippen LogP contribution >= 0.6 is 0 Å². The summed E-state index contributed by atoms with van der Waals surface area (Å²) in [6.45, 7) is 1.70. The zero-order valence-corrected chi connectivity index (χ0v) is 18.5. The number of anilines is 1. The molecular formula is C24H23F3N4O3. The number of rotatable bonds is 6. The van der Waals surface area contributed by atoms with E-state index in [1.807, 2.05) is 41.3 Å². The van der Waals surface area contributed by atoms with Crippen molar-refractivity contribution in [2.45, 2.75) is 6.18 Å². The highest BCUT2D eigenvalue weighted by molar-refractivity contribution is 5.78. The fourth-order valence-electron chi connectivity index (χ4n) is 3.59. The standard InChI is InChI=1S/C24H23F3N4O3/c1-33-19-7-5-17(6-8-19)21-9-10-22(29-28-21)30-11-13-31(14-12-30)23(32)16-34-20-4-2-3-18(15-20)24(25,26)27/h2-10,15H,11-14,16H2,1H3. The monoisotopic (exact) mass is 472 g/mol. The van der Waals surface area contributed by atoms with Crippen LogP contribution in [0.15, 0.2) is 60.7 Å². The Hall–Kier alpha value is -3.82. The quantitative estimate of drug-likeness (QED) is 0.542. The lowest BCUT2D eigenvalue weighted by atomic mass is 10.1. The SMILES string of the molecule is COc1ccc(-c2ccc(N3CCN(C(=O)COc4cccc(C(F)(F)F)c4)CC3)nn2)cc1. The minimum atomic E-state index is -4.46. The van der Waals surface area contributed by atoms with E-state index in [0.29, 0.717) is 32.0 Å². The summed E-state index contributed by atoms with van der Waals surface area (Å²) in [5.41, 5.74) is 0.855. The maximum atomic E-state index is 12.8. The van der Waals surface area contributed by atoms with Gasteiger partial charge in [-0.1, -0.05) is 6.07 Å². The summed E-state index contributed by atoms with van der Waals surface area (Å²) < 4.78 is 48.9. The topological polar surface area (TPSA) is 67.8 Å². The van der Waals surface area contributed by atoms with Crippen molar-refractivity contribution in [2.75, 3.05) is 44.8 Å². The van der Waals surface area contributed by atoms with Crippen LogP contribution in [-0.2, 0) is 11.0 Å². The molecule has 4 rings (SSSR count). The molecule has 7 nitrogen and oxygen atoms in total. The highest BCUT2D eigenvalue weighted by Gasteiger charge is 2.30. The van der Waals surface area contributed by atoms with E-state index in [0.717, 1.165) is 29.1 Å². The van der Waals surface area contributed by atoms with E-state index in [2.05, 4.69) is 10.2 Å². The van der Waals surface area contributed by atoms with Gasteiger partial charge in [-0.25, -0.2) is 0 Å². The Labute approximate surface area is 194 Å². The zero-order chi connectivity index (χ0) is 24.1. The Bertz CT molecular complexity index is 1110. The molecule has 0 aliphatic carbocycles. The lowest BCUT2D eigenvalue weighted by Crippen LogP contribution is -2.50. The Morgan fingerprint density at radius 1 is 0.941 bits per heavy atom. The molecule has 0 saturated carbocycles. The number of carbonyl (C=O) groups is 1. The molecule has 2 heterocycles. The number of hydrogen-bond donors (Lipinski definition) is 0. The summed E-state index contributed by atoms with van der Waals surface area (Å²) in [4.78, 5) is 16.1. The van der Waals surface area contributed by atoms with Gasteiger partial charge in [0.1, 0.15) is 11.5 Å². The molecule has 0 unspecified atom stereocenters. The van der Waals surface area contributed by atoms with Crippen molar-refractivity contribution in [2.24, 2.45) is 0 Å². The van der Waals surface area contributed by atoms with Gasteiger partial charge in [-0.05, 0) is 54.6 Å². The fourth-order valence-corrected chi connectivity index (χ4v) is 3.59. The van der Waals surface area contributed by atoms with Crippen molar-refractivity contribution in [3.63, 3.8) is 0 Å². The van der Waals surface area contributed by atoms with E-state index in [9.17, 15) is 18.0 Å². The number of carbonyl (C=O) groups excluding carboxylic acids is 1. The minimum absolute atomic E-state index is 0.00837. The van der Waals surface area contributed by atoms with Gasteiger partial charge in [0.25, 0.3) is 5.91 Å². The smallest absolute Gasteiger partial charge is 0.416 e. The van der Waals surface area contributed by atoms with Gasteiger partial charge in [-0.3, -0.25) is 4.79 Å². The molecule has 1 amide bonds. The second kappa shape index (κ2) is 9.98. The number of hydrogen-bond acceptors (Lipinski definition) is 6. The summed E-state index contributed by atoms with van der Waals surface area (Å²) in [5, 5.41) is 8.63. The van der Waals surface area contributed by atoms with Gasteiger partial charge < -0.3 is 19.3 Å². The molecule has 178 valence electrons. The first kappa shape index (κ1) is 23.3. The Morgan fingerprint density at radius 2 is 1.68 bits per heavy atom. The third-order valence-electron chi connectivity index (χ3n) is 5.52. The second-order valence-electron chi connectivity index (χ2n) is 7.69. The first-order valence-electron chi connectivity index (χ1n) is 10.6. The van der Waals surface area contributed by atoms with E-state index in [1.54, 1.807) is 12.0 Å². The first-order chi connectivity index (χ1) is 16.3. The number of alkyl halides is 3. The molecule has 1 fully saturated rings. The van der Waals surface area contributed by atoms with Crippen molar-refractivity contribution >= 4 is 11.7 Å². The highest BCUT2D eigenvalue weighted by atomic mass is 19.4. The second-order valence-corrected chi connectivity index (χ2v) is 7.69. The number of halogens is 3. The van der Waals surface area contributed by atoms with Crippen LogP contribution in [0.25, 0.3) is 11.3 Å². The Balaban J connectivity index is 1.28. The van der Waals surface area contributed by atoms with Crippen molar-refractivity contribution in [3.8, 4) is 22.8 Å². The predicted molar refractivity (Wildman–Crippen MR) is 120 cm³/mol. The van der Waals surface area contributed by atoms with E-state index in [4.69, 9.17) is 9.47 Å². The molecule has 2 aromatic carbocycles. The molecular weight excluding hydrogens is 449 g/mol. The maximum absolute atomic E-state index is 12.8. The van der Waals surface area contributed by atoms with Gasteiger partial charge in [-0.15, -0.1) is 10.2 Å². The molecule has 0 bridgehead atoms. The van der Waals surface area contributed by atoms with Crippen LogP contribution in [0.4, 0.5) is 19.0 Å². The minimum Gasteiger partial charge on any atom is -0.497 e. The number of piperazine rings is 1. The number of ether oxygens (including phenoxy) is 2. The van der Waals surface area contributed by atoms with E-state index in [-0.39, 0.29) is 18.3 Å². The molecule has 1 saturated heterocycles. The largest absolute Gasteiger partial charge is 0.497 e. The molecule has 34 heavy (non-hydrogen) atoms. The number of amides is 1. The predicted octanol–water partition coefficient (Wildman–Crippen LogP) is 3.90. The van der Waals surface area contributed by atoms with Gasteiger partial charge in [0, 0.05) is 31.7 Å². The molecule has 0 N–H and O–H groups in total. The molecule has 1 aliphatic rings. The maximum Gasteiger partial charge on any atom is 0.416 e. The van der Waals surface area contributed by atoms with Crippen molar-refractivity contribution in [3.05, 3.63) is 66.2 Å². The zero-order valence-electron chi connectivity index (χ0n) is 18.5. The molecule has 0 radical (unpaired) electrons. The van der Waals surface area contributed by atoms with Crippen molar-refractivity contribution in [1.29, 1.82) is 0 Å². The number of benzene rings is 2. The third-order valence-corrected chi connectivity index (χ3v) is 5.52. The molecule has 0 spiro atoms. The van der Waals surface area contributed by atoms with Gasteiger partial charge in [0.15, 0.2) is 12.4 Å². The third kappa shape index (κ3) is 5.56. The number of methoxy groups -OCH3 is 1. The highest BCUT2D eigenvalue weighted by Crippen LogP contribution is 2.31. The summed E-state index contributed by atoms with van der Waals surface area (Å²) in [7, 11) is 1.61. The Kier molecular flexibility index (Phi) is 6.85. The Morgan fingerprint density at radius 3 is 2.29 bits per heavy atom. The van der Waals surface area contributed by atoms with E-state index < -0.39 is 11.7 Å². The van der Waals surface area contributed by atoms with Gasteiger partial charge in [0.05, 0.1) is 18.4 Å². The summed E-state index contributed by atoms with van der Waals surface area (Å²) in [6.07, 6.45) is -4.46. The van der Waals surface area contributed by atoms with Crippen LogP contribution in [0.1, 0.15) is 5.56 Å². The molecule has 10 heteroatoms. The van der Waals surface area contributed by atoms with Crippen LogP contribution in [0.3, 0.4) is 0 Å². The van der Waals surface area contributed by atoms with Crippen molar-refractivity contribution < 1.29 is 27.4 Å². The van der Waals surface area contributed by atoms with Gasteiger partial charge >= 0.3 is 6.18 Å². The van der Waals surface area contributed by atoms with Crippen LogP contribution in [0.2, 0.25) is 0 Å². The summed E-state index contributed by atoms with van der Waals surface area (Å²) in [6, 6.07) is 15.8. The molecule has 0 atom stereocenters. The molecule has 1 aromatic heterocycles. The van der Waals surface area contributed by atoms with Crippen LogP contribution in [0.5, 0.6) is 11.5 Å². The van der Waals surface area contributed by atoms with E-state index in [1.165, 1.54) is 12.1 Å². The van der Waals surface area contributed by atoms with Crippen LogP contribution in [-0.4, -0.2) is 60.9 Å². The van der Waals surface area contributed by atoms with Gasteiger partial charge in [-0.2, -0.15) is 13.2 Å². The lowest BCUT2D eigenvalue weighted by Gasteiger charge is -2.35. The normalized spacial score (nSPS) is 14.1. The number of nitrogens with zero attached hydrogens (tertiary/aromatic N) is 4. The van der Waals surface area contributed by atoms with Crippen LogP contribution < -0.4 is 14.4 Å². The number of aromatic nitrogens is 2. The van der Waals surface area contributed by atoms with Crippen molar-refractivity contribution in [1.82, 2.24) is 15.1 Å². The lowest BCUT2D eigenvalue weighted by molar-refractivity contribution is -0.137. The van der Waals surface area contributed by atoms with Gasteiger partial charge in [0.2, 0.25) is 0 Å². The fraction of sp³-hybridized carbons (Fsp3) is 0.292. The summed E-state index contributed by atoms with van der Waals surface area (Å²) in [5.74, 6) is 1.21. The van der Waals surface area contributed by atoms with Crippen LogP contribution in [0, 0.1) is 0 Å². The van der Waals surface area contributed by atoms with E-state index >= 15 is 0 Å². The average molecular weight is 472 g/mol. The summed E-state index contributed by atoms with van der Waals surface area (Å²) >= 11 is 0. The average Bonchev–Trinajstić information content (AvgIpc) is 2.87.